The normalized spacial score (nSPS) is 13.6. The van der Waals surface area contributed by atoms with Crippen LogP contribution >= 0.6 is 23.6 Å². The molecule has 0 bridgehead atoms. The minimum absolute atomic E-state index is 0.119. The summed E-state index contributed by atoms with van der Waals surface area (Å²) in [6, 6.07) is 8.36. The van der Waals surface area contributed by atoms with E-state index in [9.17, 15) is 4.79 Å². The van der Waals surface area contributed by atoms with Crippen molar-refractivity contribution < 1.29 is 14.4 Å². The van der Waals surface area contributed by atoms with E-state index in [4.69, 9.17) is 21.9 Å². The van der Waals surface area contributed by atoms with E-state index in [1.54, 1.807) is 27.5 Å². The van der Waals surface area contributed by atoms with Crippen LogP contribution in [-0.4, -0.2) is 39.0 Å². The Morgan fingerprint density at radius 3 is 2.85 bits per heavy atom. The van der Waals surface area contributed by atoms with Crippen molar-refractivity contribution in [3.8, 4) is 0 Å². The van der Waals surface area contributed by atoms with Gasteiger partial charge in [-0.2, -0.15) is 9.78 Å². The van der Waals surface area contributed by atoms with Crippen molar-refractivity contribution >= 4 is 39.7 Å². The first kappa shape index (κ1) is 19.7. The fraction of sp³-hybridized carbons (Fsp3) is 0.444. The SMILES string of the molecule is CCOC(=O)Cc1nn(C[NH+](C)[C@@H](C)c2nc3ccccc3s2)c(=S)n1C. The molecule has 7 nitrogen and oxygen atoms in total. The quantitative estimate of drug-likeness (QED) is 0.480. The average molecular weight is 407 g/mol. The van der Waals surface area contributed by atoms with Crippen LogP contribution in [0.4, 0.5) is 0 Å². The molecule has 1 aromatic carbocycles. The van der Waals surface area contributed by atoms with Gasteiger partial charge in [-0.3, -0.25) is 4.79 Å². The average Bonchev–Trinajstić information content (AvgIpc) is 3.18. The fourth-order valence-corrected chi connectivity index (χ4v) is 4.11. The number of thiazole rings is 1. The lowest BCUT2D eigenvalue weighted by Gasteiger charge is -2.19. The number of fused-ring (bicyclic) bond motifs is 1. The Morgan fingerprint density at radius 2 is 2.15 bits per heavy atom. The van der Waals surface area contributed by atoms with Gasteiger partial charge < -0.3 is 14.2 Å². The summed E-state index contributed by atoms with van der Waals surface area (Å²) in [7, 11) is 3.92. The highest BCUT2D eigenvalue weighted by molar-refractivity contribution is 7.71. The first-order valence-electron chi connectivity index (χ1n) is 8.86. The second kappa shape index (κ2) is 8.28. The predicted molar refractivity (Wildman–Crippen MR) is 107 cm³/mol. The number of hydrogen-bond donors (Lipinski definition) is 1. The molecule has 0 saturated heterocycles. The number of rotatable bonds is 7. The van der Waals surface area contributed by atoms with E-state index >= 15 is 0 Å². The zero-order valence-corrected chi connectivity index (χ0v) is 17.6. The van der Waals surface area contributed by atoms with Gasteiger partial charge >= 0.3 is 5.97 Å². The zero-order chi connectivity index (χ0) is 19.6. The number of benzene rings is 1. The third-order valence-electron chi connectivity index (χ3n) is 4.56. The molecular formula is C18H24N5O2S2+. The molecule has 0 saturated carbocycles. The standard InChI is InChI=1S/C18H23N5O2S2/c1-5-25-16(24)10-15-20-23(18(26)22(15)4)11-21(3)12(2)17-19-13-8-6-7-9-14(13)27-17/h6-9,12H,5,10-11H2,1-4H3/p+1/t12-/m0/s1. The van der Waals surface area contributed by atoms with Gasteiger partial charge in [0.1, 0.15) is 18.3 Å². The molecule has 3 aromatic rings. The molecule has 0 aliphatic rings. The van der Waals surface area contributed by atoms with Crippen LogP contribution in [0, 0.1) is 4.77 Å². The molecule has 9 heteroatoms. The van der Waals surface area contributed by atoms with Gasteiger partial charge in [-0.15, -0.1) is 11.3 Å². The van der Waals surface area contributed by atoms with Crippen molar-refractivity contribution in [2.45, 2.75) is 33.0 Å². The van der Waals surface area contributed by atoms with Crippen LogP contribution in [0.5, 0.6) is 0 Å². The number of ether oxygens (including phenoxy) is 1. The molecule has 1 unspecified atom stereocenters. The molecule has 0 aliphatic heterocycles. The van der Waals surface area contributed by atoms with Crippen LogP contribution < -0.4 is 4.90 Å². The van der Waals surface area contributed by atoms with E-state index < -0.39 is 0 Å². The number of nitrogens with one attached hydrogen (secondary N) is 1. The maximum absolute atomic E-state index is 11.8. The largest absolute Gasteiger partial charge is 0.466 e. The molecule has 1 N–H and O–H groups in total. The molecule has 0 amide bonds. The van der Waals surface area contributed by atoms with E-state index in [-0.39, 0.29) is 18.4 Å². The Kier molecular flexibility index (Phi) is 6.03. The molecule has 144 valence electrons. The molecule has 0 radical (unpaired) electrons. The highest BCUT2D eigenvalue weighted by atomic mass is 32.1. The number of nitrogens with zero attached hydrogens (tertiary/aromatic N) is 4. The Morgan fingerprint density at radius 1 is 1.41 bits per heavy atom. The maximum atomic E-state index is 11.8. The van der Waals surface area contributed by atoms with Crippen LogP contribution in [0.1, 0.15) is 30.7 Å². The summed E-state index contributed by atoms with van der Waals surface area (Å²) >= 11 is 7.21. The molecule has 3 rings (SSSR count). The lowest BCUT2D eigenvalue weighted by atomic mass is 10.3. The van der Waals surface area contributed by atoms with Gasteiger partial charge in [0.05, 0.1) is 23.9 Å². The highest BCUT2D eigenvalue weighted by Crippen LogP contribution is 2.24. The van der Waals surface area contributed by atoms with E-state index in [2.05, 4.69) is 25.1 Å². The summed E-state index contributed by atoms with van der Waals surface area (Å²) in [5.41, 5.74) is 1.03. The number of aromatic nitrogens is 4. The van der Waals surface area contributed by atoms with E-state index in [0.29, 0.717) is 23.9 Å². The minimum Gasteiger partial charge on any atom is -0.466 e. The second-order valence-electron chi connectivity index (χ2n) is 6.49. The Balaban J connectivity index is 1.76. The Labute approximate surface area is 167 Å². The summed E-state index contributed by atoms with van der Waals surface area (Å²) in [5, 5.41) is 5.61. The molecule has 2 aromatic heterocycles. The van der Waals surface area contributed by atoms with Crippen molar-refractivity contribution in [2.75, 3.05) is 13.7 Å². The lowest BCUT2D eigenvalue weighted by molar-refractivity contribution is -0.933. The summed E-state index contributed by atoms with van der Waals surface area (Å²) in [4.78, 5) is 17.7. The van der Waals surface area contributed by atoms with Gasteiger partial charge in [0, 0.05) is 7.05 Å². The first-order chi connectivity index (χ1) is 12.9. The topological polar surface area (TPSA) is 66.4 Å². The van der Waals surface area contributed by atoms with Crippen molar-refractivity contribution in [1.82, 2.24) is 19.3 Å². The highest BCUT2D eigenvalue weighted by Gasteiger charge is 2.22. The van der Waals surface area contributed by atoms with E-state index in [0.717, 1.165) is 10.5 Å². The summed E-state index contributed by atoms with van der Waals surface area (Å²) in [6.07, 6.45) is 0.119. The Bertz CT molecular complexity index is 974. The number of carbonyl (C=O) groups excluding carboxylic acids is 1. The van der Waals surface area contributed by atoms with Crippen LogP contribution in [0.2, 0.25) is 0 Å². The van der Waals surface area contributed by atoms with E-state index in [1.165, 1.54) is 9.60 Å². The number of hydrogen-bond acceptors (Lipinski definition) is 6. The van der Waals surface area contributed by atoms with Crippen molar-refractivity contribution in [1.29, 1.82) is 0 Å². The third kappa shape index (κ3) is 4.26. The number of quaternary nitrogens is 1. The van der Waals surface area contributed by atoms with Gasteiger partial charge in [0.15, 0.2) is 11.7 Å². The summed E-state index contributed by atoms with van der Waals surface area (Å²) in [5.74, 6) is 0.315. The molecular weight excluding hydrogens is 382 g/mol. The number of esters is 1. The van der Waals surface area contributed by atoms with E-state index in [1.807, 2.05) is 25.2 Å². The molecule has 0 fully saturated rings. The smallest absolute Gasteiger partial charge is 0.313 e. The van der Waals surface area contributed by atoms with Gasteiger partial charge in [0.2, 0.25) is 4.77 Å². The summed E-state index contributed by atoms with van der Waals surface area (Å²) in [6.45, 7) is 4.89. The minimum atomic E-state index is -0.295. The van der Waals surface area contributed by atoms with Crippen molar-refractivity contribution in [3.05, 3.63) is 39.9 Å². The molecule has 2 atom stereocenters. The maximum Gasteiger partial charge on any atom is 0.313 e. The Hall–Kier alpha value is -2.10. The molecule has 27 heavy (non-hydrogen) atoms. The van der Waals surface area contributed by atoms with Gasteiger partial charge in [-0.1, -0.05) is 12.1 Å². The predicted octanol–water partition coefficient (Wildman–Crippen LogP) is 1.90. The lowest BCUT2D eigenvalue weighted by Crippen LogP contribution is -3.08. The monoisotopic (exact) mass is 406 g/mol. The number of carbonyl (C=O) groups is 1. The summed E-state index contributed by atoms with van der Waals surface area (Å²) < 4.78 is 10.3. The van der Waals surface area contributed by atoms with Crippen LogP contribution in [-0.2, 0) is 29.7 Å². The van der Waals surface area contributed by atoms with Crippen LogP contribution in [0.15, 0.2) is 24.3 Å². The van der Waals surface area contributed by atoms with Crippen LogP contribution in [0.25, 0.3) is 10.2 Å². The molecule has 0 aliphatic carbocycles. The van der Waals surface area contributed by atoms with Gasteiger partial charge in [-0.05, 0) is 38.2 Å². The van der Waals surface area contributed by atoms with Gasteiger partial charge in [-0.25, -0.2) is 4.98 Å². The molecule has 0 spiro atoms. The molecule has 2 heterocycles. The van der Waals surface area contributed by atoms with Crippen molar-refractivity contribution in [2.24, 2.45) is 7.05 Å². The zero-order valence-electron chi connectivity index (χ0n) is 15.9. The van der Waals surface area contributed by atoms with Gasteiger partial charge in [0.25, 0.3) is 0 Å². The second-order valence-corrected chi connectivity index (χ2v) is 7.91. The van der Waals surface area contributed by atoms with Crippen LogP contribution in [0.3, 0.4) is 0 Å². The fourth-order valence-electron chi connectivity index (χ4n) is 2.79. The van der Waals surface area contributed by atoms with Crippen molar-refractivity contribution in [3.63, 3.8) is 0 Å². The third-order valence-corrected chi connectivity index (χ3v) is 6.26. The first-order valence-corrected chi connectivity index (χ1v) is 10.1. The number of para-hydroxylation sites is 1.